The van der Waals surface area contributed by atoms with Gasteiger partial charge in [-0.3, -0.25) is 14.5 Å². The number of hydrogen-bond acceptors (Lipinski definition) is 7. The van der Waals surface area contributed by atoms with E-state index in [0.29, 0.717) is 31.2 Å². The average Bonchev–Trinajstić information content (AvgIpc) is 2.86. The van der Waals surface area contributed by atoms with E-state index in [-0.39, 0.29) is 18.4 Å². The fourth-order valence-corrected chi connectivity index (χ4v) is 4.04. The second-order valence-corrected chi connectivity index (χ2v) is 8.47. The Morgan fingerprint density at radius 2 is 1.85 bits per heavy atom. The summed E-state index contributed by atoms with van der Waals surface area (Å²) in [7, 11) is 0. The number of morpholine rings is 1. The highest BCUT2D eigenvalue weighted by Gasteiger charge is 2.21. The number of ether oxygens (including phenoxy) is 2. The number of nitrogens with one attached hydrogen (secondary N) is 2. The Kier molecular flexibility index (Phi) is 8.70. The van der Waals surface area contributed by atoms with Crippen molar-refractivity contribution in [2.75, 3.05) is 64.4 Å². The highest BCUT2D eigenvalue weighted by Crippen LogP contribution is 2.27. The zero-order valence-electron chi connectivity index (χ0n) is 19.5. The number of amides is 2. The van der Waals surface area contributed by atoms with Gasteiger partial charge in [-0.05, 0) is 43.5 Å². The lowest BCUT2D eigenvalue weighted by molar-refractivity contribution is -0.121. The second-order valence-electron chi connectivity index (χ2n) is 8.47. The lowest BCUT2D eigenvalue weighted by Crippen LogP contribution is -2.45. The maximum absolute atomic E-state index is 13.3. The van der Waals surface area contributed by atoms with E-state index in [1.54, 1.807) is 17.0 Å². The van der Waals surface area contributed by atoms with Crippen molar-refractivity contribution >= 4 is 23.3 Å². The molecule has 4 rings (SSSR count). The van der Waals surface area contributed by atoms with Crippen LogP contribution in [0.3, 0.4) is 0 Å². The van der Waals surface area contributed by atoms with Gasteiger partial charge in [0.25, 0.3) is 5.91 Å². The summed E-state index contributed by atoms with van der Waals surface area (Å²) < 4.78 is 11.3. The number of pyridine rings is 1. The van der Waals surface area contributed by atoms with E-state index >= 15 is 0 Å². The van der Waals surface area contributed by atoms with Gasteiger partial charge in [0.15, 0.2) is 0 Å². The Morgan fingerprint density at radius 3 is 2.74 bits per heavy atom. The molecular weight excluding hydrogens is 434 g/mol. The zero-order valence-corrected chi connectivity index (χ0v) is 19.5. The molecule has 2 N–H and O–H groups in total. The Balaban J connectivity index is 1.42. The Morgan fingerprint density at radius 1 is 1.00 bits per heavy atom. The Labute approximate surface area is 200 Å². The van der Waals surface area contributed by atoms with Crippen LogP contribution in [0.2, 0.25) is 0 Å². The molecule has 3 heterocycles. The predicted octanol–water partition coefficient (Wildman–Crippen LogP) is 2.28. The lowest BCUT2D eigenvalue weighted by atomic mass is 10.2. The largest absolute Gasteiger partial charge is 0.491 e. The summed E-state index contributed by atoms with van der Waals surface area (Å²) in [5.74, 6) is 0.908. The molecule has 0 radical (unpaired) electrons. The van der Waals surface area contributed by atoms with E-state index < -0.39 is 0 Å². The maximum atomic E-state index is 13.3. The molecule has 1 saturated heterocycles. The molecule has 0 unspecified atom stereocenters. The van der Waals surface area contributed by atoms with Crippen molar-refractivity contribution in [1.82, 2.24) is 20.1 Å². The topological polar surface area (TPSA) is 96.0 Å². The summed E-state index contributed by atoms with van der Waals surface area (Å²) in [6, 6.07) is 13.0. The number of anilines is 2. The molecule has 2 aromatic rings. The first-order valence-corrected chi connectivity index (χ1v) is 12.0. The number of para-hydroxylation sites is 2. The fourth-order valence-electron chi connectivity index (χ4n) is 4.04. The van der Waals surface area contributed by atoms with Crippen LogP contribution in [-0.2, 0) is 9.53 Å². The number of rotatable bonds is 5. The lowest BCUT2D eigenvalue weighted by Gasteiger charge is -2.27. The molecule has 2 bridgehead atoms. The molecule has 9 nitrogen and oxygen atoms in total. The van der Waals surface area contributed by atoms with Gasteiger partial charge in [0.05, 0.1) is 32.1 Å². The summed E-state index contributed by atoms with van der Waals surface area (Å²) in [6.07, 6.45) is 2.55. The summed E-state index contributed by atoms with van der Waals surface area (Å²) in [5, 5.41) is 6.20. The quantitative estimate of drug-likeness (QED) is 0.697. The van der Waals surface area contributed by atoms with Crippen LogP contribution < -0.4 is 15.4 Å². The van der Waals surface area contributed by atoms with E-state index in [4.69, 9.17) is 9.47 Å². The van der Waals surface area contributed by atoms with Crippen LogP contribution in [0.25, 0.3) is 0 Å². The minimum Gasteiger partial charge on any atom is -0.491 e. The molecule has 0 atom stereocenters. The molecule has 0 spiro atoms. The first kappa shape index (κ1) is 24.0. The molecule has 2 aliphatic rings. The standard InChI is InChI=1S/C25H33N5O4/c31-24(26-11-13-29-14-17-33-18-15-29)19-30-12-4-1-5-16-34-22-9-3-2-7-20(22)27-23-10-6-8-21(28-23)25(30)32/h2-3,6-10H,1,4-5,11-19H2,(H,26,31)(H,27,28). The van der Waals surface area contributed by atoms with E-state index in [2.05, 4.69) is 20.5 Å². The highest BCUT2D eigenvalue weighted by atomic mass is 16.5. The third-order valence-corrected chi connectivity index (χ3v) is 5.92. The SMILES string of the molecule is O=C(CN1CCCCCOc2ccccc2Nc2cccc(n2)C1=O)NCCN1CCOCC1. The molecule has 2 aliphatic heterocycles. The van der Waals surface area contributed by atoms with Gasteiger partial charge in [0.1, 0.15) is 17.3 Å². The molecule has 2 amide bonds. The summed E-state index contributed by atoms with van der Waals surface area (Å²) >= 11 is 0. The summed E-state index contributed by atoms with van der Waals surface area (Å²) in [4.78, 5) is 34.3. The molecule has 1 aromatic carbocycles. The molecule has 9 heteroatoms. The third kappa shape index (κ3) is 6.91. The molecule has 0 aliphatic carbocycles. The number of fused-ring (bicyclic) bond motifs is 3. The normalized spacial score (nSPS) is 17.6. The van der Waals surface area contributed by atoms with Crippen LogP contribution >= 0.6 is 0 Å². The summed E-state index contributed by atoms with van der Waals surface area (Å²) in [5.41, 5.74) is 1.11. The maximum Gasteiger partial charge on any atom is 0.273 e. The minimum atomic E-state index is -0.242. The van der Waals surface area contributed by atoms with Gasteiger partial charge in [0, 0.05) is 32.7 Å². The van der Waals surface area contributed by atoms with Crippen LogP contribution in [0.4, 0.5) is 11.5 Å². The Hall–Kier alpha value is -3.17. The van der Waals surface area contributed by atoms with Gasteiger partial charge in [0.2, 0.25) is 5.91 Å². The van der Waals surface area contributed by atoms with Crippen molar-refractivity contribution < 1.29 is 19.1 Å². The van der Waals surface area contributed by atoms with Crippen molar-refractivity contribution in [3.05, 3.63) is 48.2 Å². The number of aromatic nitrogens is 1. The molecule has 34 heavy (non-hydrogen) atoms. The van der Waals surface area contributed by atoms with Crippen LogP contribution in [0.15, 0.2) is 42.5 Å². The first-order valence-electron chi connectivity index (χ1n) is 12.0. The fraction of sp³-hybridized carbons (Fsp3) is 0.480. The number of carbonyl (C=O) groups excluding carboxylic acids is 2. The smallest absolute Gasteiger partial charge is 0.273 e. The molecule has 1 fully saturated rings. The van der Waals surface area contributed by atoms with Crippen LogP contribution in [-0.4, -0.2) is 85.7 Å². The van der Waals surface area contributed by atoms with Gasteiger partial charge in [-0.15, -0.1) is 0 Å². The van der Waals surface area contributed by atoms with E-state index in [0.717, 1.165) is 63.5 Å². The van der Waals surface area contributed by atoms with E-state index in [1.807, 2.05) is 30.3 Å². The molecular formula is C25H33N5O4. The zero-order chi connectivity index (χ0) is 23.6. The number of nitrogens with zero attached hydrogens (tertiary/aromatic N) is 3. The van der Waals surface area contributed by atoms with Crippen molar-refractivity contribution in [2.45, 2.75) is 19.3 Å². The number of hydrogen-bond donors (Lipinski definition) is 2. The molecule has 1 aromatic heterocycles. The number of benzene rings is 1. The summed E-state index contributed by atoms with van der Waals surface area (Å²) in [6.45, 7) is 5.64. The van der Waals surface area contributed by atoms with Crippen LogP contribution in [0, 0.1) is 0 Å². The molecule has 0 saturated carbocycles. The van der Waals surface area contributed by atoms with Gasteiger partial charge in [-0.2, -0.15) is 0 Å². The van der Waals surface area contributed by atoms with Crippen molar-refractivity contribution in [1.29, 1.82) is 0 Å². The monoisotopic (exact) mass is 467 g/mol. The van der Waals surface area contributed by atoms with Gasteiger partial charge >= 0.3 is 0 Å². The molecule has 182 valence electrons. The first-order chi connectivity index (χ1) is 16.7. The highest BCUT2D eigenvalue weighted by molar-refractivity contribution is 5.95. The van der Waals surface area contributed by atoms with E-state index in [1.165, 1.54) is 0 Å². The van der Waals surface area contributed by atoms with Crippen molar-refractivity contribution in [2.24, 2.45) is 0 Å². The second kappa shape index (κ2) is 12.3. The van der Waals surface area contributed by atoms with Crippen molar-refractivity contribution in [3.8, 4) is 5.75 Å². The van der Waals surface area contributed by atoms with Gasteiger partial charge in [-0.1, -0.05) is 18.2 Å². The third-order valence-electron chi connectivity index (χ3n) is 5.92. The van der Waals surface area contributed by atoms with Gasteiger partial charge in [-0.25, -0.2) is 4.98 Å². The minimum absolute atomic E-state index is 0.0145. The predicted molar refractivity (Wildman–Crippen MR) is 129 cm³/mol. The van der Waals surface area contributed by atoms with Gasteiger partial charge < -0.3 is 25.0 Å². The van der Waals surface area contributed by atoms with Crippen LogP contribution in [0.5, 0.6) is 5.75 Å². The van der Waals surface area contributed by atoms with Crippen molar-refractivity contribution in [3.63, 3.8) is 0 Å². The van der Waals surface area contributed by atoms with Crippen LogP contribution in [0.1, 0.15) is 29.8 Å². The van der Waals surface area contributed by atoms with E-state index in [9.17, 15) is 9.59 Å². The number of carbonyl (C=O) groups is 2. The average molecular weight is 468 g/mol. The Bertz CT molecular complexity index is 964.